The highest BCUT2D eigenvalue weighted by Crippen LogP contribution is 2.23. The Morgan fingerprint density at radius 1 is 1.44 bits per heavy atom. The van der Waals surface area contributed by atoms with Crippen molar-refractivity contribution in [1.82, 2.24) is 15.2 Å². The molecule has 0 atom stereocenters. The van der Waals surface area contributed by atoms with Crippen molar-refractivity contribution in [1.29, 1.82) is 0 Å². The summed E-state index contributed by atoms with van der Waals surface area (Å²) in [5.74, 6) is -4.03. The maximum absolute atomic E-state index is 12.4. The van der Waals surface area contributed by atoms with Crippen LogP contribution in [0.3, 0.4) is 0 Å². The average molecular weight is 243 g/mol. The van der Waals surface area contributed by atoms with E-state index in [2.05, 4.69) is 19.9 Å². The molecular weight excluding hydrogens is 234 g/mol. The number of ether oxygens (including phenoxy) is 1. The van der Waals surface area contributed by atoms with Crippen molar-refractivity contribution in [3.05, 3.63) is 11.6 Å². The first kappa shape index (κ1) is 12.8. The Morgan fingerprint density at radius 2 is 2.12 bits per heavy atom. The van der Waals surface area contributed by atoms with Crippen molar-refractivity contribution in [2.45, 2.75) is 25.6 Å². The summed E-state index contributed by atoms with van der Waals surface area (Å²) < 4.78 is 52.5. The first-order valence-corrected chi connectivity index (χ1v) is 4.20. The molecule has 16 heavy (non-hydrogen) atoms. The fraction of sp³-hybridized carbons (Fsp3) is 0.714. The summed E-state index contributed by atoms with van der Waals surface area (Å²) in [7, 11) is 0. The Balaban J connectivity index is 2.35. The van der Waals surface area contributed by atoms with E-state index < -0.39 is 32.2 Å². The molecule has 92 valence electrons. The Bertz CT molecular complexity index is 331. The highest BCUT2D eigenvalue weighted by molar-refractivity contribution is 4.86. The SMILES string of the molecule is OCc1n[nH]c(COCC(F)(F)C(F)F)n1. The second-order valence-electron chi connectivity index (χ2n) is 2.91. The molecule has 0 bridgehead atoms. The highest BCUT2D eigenvalue weighted by atomic mass is 19.3. The third kappa shape index (κ3) is 3.42. The van der Waals surface area contributed by atoms with Crippen LogP contribution in [0.2, 0.25) is 0 Å². The number of nitrogens with zero attached hydrogens (tertiary/aromatic N) is 2. The monoisotopic (exact) mass is 243 g/mol. The normalized spacial score (nSPS) is 12.4. The van der Waals surface area contributed by atoms with Gasteiger partial charge in [0.15, 0.2) is 11.6 Å². The number of hydrogen-bond acceptors (Lipinski definition) is 4. The smallest absolute Gasteiger partial charge is 0.330 e. The van der Waals surface area contributed by atoms with Gasteiger partial charge in [-0.05, 0) is 0 Å². The lowest BCUT2D eigenvalue weighted by Gasteiger charge is -2.14. The zero-order valence-electron chi connectivity index (χ0n) is 7.96. The minimum Gasteiger partial charge on any atom is -0.388 e. The zero-order chi connectivity index (χ0) is 12.2. The number of alkyl halides is 4. The molecule has 0 aliphatic rings. The van der Waals surface area contributed by atoms with Gasteiger partial charge in [0.2, 0.25) is 0 Å². The Kier molecular flexibility index (Phi) is 4.19. The fourth-order valence-electron chi connectivity index (χ4n) is 0.817. The summed E-state index contributed by atoms with van der Waals surface area (Å²) in [6.45, 7) is -2.22. The standard InChI is InChI=1S/C7H9F4N3O2/c8-6(9)7(10,11)3-16-2-5-12-4(1-15)13-14-5/h6,15H,1-3H2,(H,12,13,14). The van der Waals surface area contributed by atoms with Crippen LogP contribution in [0.4, 0.5) is 17.6 Å². The van der Waals surface area contributed by atoms with Gasteiger partial charge in [0, 0.05) is 0 Å². The minimum absolute atomic E-state index is 0.0687. The summed E-state index contributed by atoms with van der Waals surface area (Å²) in [5, 5.41) is 14.4. The molecule has 0 fully saturated rings. The Hall–Kier alpha value is -1.22. The predicted molar refractivity (Wildman–Crippen MR) is 42.9 cm³/mol. The summed E-state index contributed by atoms with van der Waals surface area (Å²) in [6.07, 6.45) is -3.77. The second kappa shape index (κ2) is 5.21. The number of halogens is 4. The maximum Gasteiger partial charge on any atom is 0.330 e. The molecule has 1 aromatic heterocycles. The minimum atomic E-state index is -4.18. The largest absolute Gasteiger partial charge is 0.388 e. The van der Waals surface area contributed by atoms with E-state index in [1.807, 2.05) is 0 Å². The van der Waals surface area contributed by atoms with Crippen molar-refractivity contribution >= 4 is 0 Å². The lowest BCUT2D eigenvalue weighted by molar-refractivity contribution is -0.168. The van der Waals surface area contributed by atoms with Crippen LogP contribution >= 0.6 is 0 Å². The van der Waals surface area contributed by atoms with Crippen LogP contribution in [-0.4, -0.2) is 39.2 Å². The van der Waals surface area contributed by atoms with Gasteiger partial charge in [-0.1, -0.05) is 0 Å². The number of aromatic amines is 1. The van der Waals surface area contributed by atoms with Gasteiger partial charge in [-0.15, -0.1) is 0 Å². The van der Waals surface area contributed by atoms with E-state index >= 15 is 0 Å². The molecule has 0 aliphatic carbocycles. The van der Waals surface area contributed by atoms with Crippen LogP contribution in [0.15, 0.2) is 0 Å². The number of aliphatic hydroxyl groups excluding tert-OH is 1. The van der Waals surface area contributed by atoms with Crippen LogP contribution in [0.25, 0.3) is 0 Å². The molecule has 1 rings (SSSR count). The van der Waals surface area contributed by atoms with Gasteiger partial charge in [0.05, 0.1) is 0 Å². The molecule has 0 spiro atoms. The number of H-pyrrole nitrogens is 1. The molecular formula is C7H9F4N3O2. The average Bonchev–Trinajstić information content (AvgIpc) is 2.65. The zero-order valence-corrected chi connectivity index (χ0v) is 7.96. The number of aromatic nitrogens is 3. The van der Waals surface area contributed by atoms with E-state index in [0.29, 0.717) is 0 Å². The van der Waals surface area contributed by atoms with Gasteiger partial charge in [0.1, 0.15) is 19.8 Å². The highest BCUT2D eigenvalue weighted by Gasteiger charge is 2.40. The van der Waals surface area contributed by atoms with E-state index in [-0.39, 0.29) is 11.6 Å². The van der Waals surface area contributed by atoms with Crippen molar-refractivity contribution in [2.75, 3.05) is 6.61 Å². The van der Waals surface area contributed by atoms with Crippen LogP contribution in [0.1, 0.15) is 11.6 Å². The third-order valence-electron chi connectivity index (χ3n) is 1.57. The predicted octanol–water partition coefficient (Wildman–Crippen LogP) is 0.714. The summed E-state index contributed by atoms with van der Waals surface area (Å²) in [4.78, 5) is 3.62. The molecule has 2 N–H and O–H groups in total. The number of nitrogens with one attached hydrogen (secondary N) is 1. The van der Waals surface area contributed by atoms with E-state index in [0.717, 1.165) is 0 Å². The first-order chi connectivity index (χ1) is 7.45. The van der Waals surface area contributed by atoms with Crippen LogP contribution in [0, 0.1) is 0 Å². The van der Waals surface area contributed by atoms with Crippen molar-refractivity contribution in [3.8, 4) is 0 Å². The van der Waals surface area contributed by atoms with Gasteiger partial charge in [-0.25, -0.2) is 13.8 Å². The summed E-state index contributed by atoms with van der Waals surface area (Å²) in [6, 6.07) is 0. The summed E-state index contributed by atoms with van der Waals surface area (Å²) in [5.41, 5.74) is 0. The van der Waals surface area contributed by atoms with Gasteiger partial charge >= 0.3 is 12.3 Å². The van der Waals surface area contributed by atoms with Crippen LogP contribution in [-0.2, 0) is 18.0 Å². The molecule has 9 heteroatoms. The van der Waals surface area contributed by atoms with E-state index in [9.17, 15) is 17.6 Å². The van der Waals surface area contributed by atoms with E-state index in [1.165, 1.54) is 0 Å². The molecule has 0 unspecified atom stereocenters. The number of rotatable bonds is 6. The summed E-state index contributed by atoms with van der Waals surface area (Å²) >= 11 is 0. The topological polar surface area (TPSA) is 71.0 Å². The molecule has 0 aliphatic heterocycles. The van der Waals surface area contributed by atoms with Crippen LogP contribution in [0.5, 0.6) is 0 Å². The quantitative estimate of drug-likeness (QED) is 0.722. The molecule has 0 saturated heterocycles. The van der Waals surface area contributed by atoms with E-state index in [1.54, 1.807) is 0 Å². The first-order valence-electron chi connectivity index (χ1n) is 4.20. The fourth-order valence-corrected chi connectivity index (χ4v) is 0.817. The molecule has 5 nitrogen and oxygen atoms in total. The molecule has 1 heterocycles. The number of aliphatic hydroxyl groups is 1. The lowest BCUT2D eigenvalue weighted by atomic mass is 10.4. The van der Waals surface area contributed by atoms with Gasteiger partial charge in [-0.2, -0.15) is 13.9 Å². The van der Waals surface area contributed by atoms with Crippen molar-refractivity contribution in [3.63, 3.8) is 0 Å². The molecule has 0 aromatic carbocycles. The van der Waals surface area contributed by atoms with Crippen molar-refractivity contribution in [2.24, 2.45) is 0 Å². The molecule has 1 aromatic rings. The van der Waals surface area contributed by atoms with Gasteiger partial charge in [-0.3, -0.25) is 5.10 Å². The molecule has 0 amide bonds. The van der Waals surface area contributed by atoms with Crippen LogP contribution < -0.4 is 0 Å². The van der Waals surface area contributed by atoms with Gasteiger partial charge in [0.25, 0.3) is 0 Å². The molecule has 0 saturated carbocycles. The van der Waals surface area contributed by atoms with Gasteiger partial charge < -0.3 is 9.84 Å². The Labute approximate surface area is 87.4 Å². The maximum atomic E-state index is 12.4. The lowest BCUT2D eigenvalue weighted by Crippen LogP contribution is -2.32. The third-order valence-corrected chi connectivity index (χ3v) is 1.57. The van der Waals surface area contributed by atoms with Crippen molar-refractivity contribution < 1.29 is 27.4 Å². The Morgan fingerprint density at radius 3 is 2.62 bits per heavy atom. The second-order valence-corrected chi connectivity index (χ2v) is 2.91. The number of hydrogen-bond donors (Lipinski definition) is 2. The molecule has 0 radical (unpaired) electrons. The van der Waals surface area contributed by atoms with E-state index in [4.69, 9.17) is 5.11 Å².